The van der Waals surface area contributed by atoms with Crippen LogP contribution < -0.4 is 4.90 Å². The van der Waals surface area contributed by atoms with Crippen molar-refractivity contribution in [2.75, 3.05) is 24.5 Å². The first kappa shape index (κ1) is 20.4. The topological polar surface area (TPSA) is 36.7 Å². The van der Waals surface area contributed by atoms with Crippen LogP contribution in [0.15, 0.2) is 77.4 Å². The molecule has 156 valence electrons. The number of piperidine rings is 1. The summed E-state index contributed by atoms with van der Waals surface area (Å²) in [7, 11) is 0. The van der Waals surface area contributed by atoms with Crippen LogP contribution in [0.25, 0.3) is 0 Å². The van der Waals surface area contributed by atoms with Crippen LogP contribution >= 0.6 is 0 Å². The minimum atomic E-state index is -0.392. The van der Waals surface area contributed by atoms with E-state index in [4.69, 9.17) is 4.42 Å². The summed E-state index contributed by atoms with van der Waals surface area (Å²) in [6, 6.07) is 20.2. The summed E-state index contributed by atoms with van der Waals surface area (Å²) in [5, 5.41) is 0. The summed E-state index contributed by atoms with van der Waals surface area (Å²) < 4.78 is 20.0. The fourth-order valence-electron chi connectivity index (χ4n) is 4.34. The van der Waals surface area contributed by atoms with Gasteiger partial charge in [-0.2, -0.15) is 0 Å². The van der Waals surface area contributed by atoms with Gasteiger partial charge in [-0.25, -0.2) is 4.39 Å². The number of hydrogen-bond acceptors (Lipinski definition) is 3. The number of hydrogen-bond donors (Lipinski definition) is 0. The summed E-state index contributed by atoms with van der Waals surface area (Å²) in [5.41, 5.74) is 1.64. The summed E-state index contributed by atoms with van der Waals surface area (Å²) in [6.07, 6.45) is 3.26. The van der Waals surface area contributed by atoms with Crippen molar-refractivity contribution in [1.82, 2.24) is 4.90 Å². The van der Waals surface area contributed by atoms with Gasteiger partial charge in [0.15, 0.2) is 5.76 Å². The van der Waals surface area contributed by atoms with Crippen molar-refractivity contribution in [1.29, 1.82) is 0 Å². The van der Waals surface area contributed by atoms with E-state index in [0.717, 1.165) is 32.5 Å². The molecule has 0 radical (unpaired) electrons. The van der Waals surface area contributed by atoms with Gasteiger partial charge in [-0.05, 0) is 48.6 Å². The second-order valence-corrected chi connectivity index (χ2v) is 7.97. The first-order valence-corrected chi connectivity index (χ1v) is 10.5. The minimum absolute atomic E-state index is 0.0903. The molecule has 5 heteroatoms. The maximum atomic E-state index is 14.7. The molecule has 2 unspecified atom stereocenters. The Morgan fingerprint density at radius 2 is 1.87 bits per heavy atom. The number of rotatable bonds is 6. The van der Waals surface area contributed by atoms with Gasteiger partial charge >= 0.3 is 0 Å². The van der Waals surface area contributed by atoms with Crippen molar-refractivity contribution < 1.29 is 13.6 Å². The van der Waals surface area contributed by atoms with Crippen molar-refractivity contribution in [3.8, 4) is 0 Å². The molecule has 0 aliphatic carbocycles. The maximum absolute atomic E-state index is 14.7. The number of carbonyl (C=O) groups excluding carboxylic acids is 1. The average molecular weight is 407 g/mol. The number of furan rings is 1. The molecule has 2 aromatic carbocycles. The lowest BCUT2D eigenvalue weighted by molar-refractivity contribution is 0.0905. The van der Waals surface area contributed by atoms with Gasteiger partial charge in [0.25, 0.3) is 5.91 Å². The summed E-state index contributed by atoms with van der Waals surface area (Å²) in [5.74, 6) is -0.249. The molecular weight excluding hydrogens is 379 g/mol. The molecule has 1 aliphatic rings. The van der Waals surface area contributed by atoms with Crippen LogP contribution in [-0.4, -0.2) is 36.5 Å². The lowest BCUT2D eigenvalue weighted by Crippen LogP contribution is -2.53. The molecule has 1 amide bonds. The monoisotopic (exact) mass is 406 g/mol. The van der Waals surface area contributed by atoms with Gasteiger partial charge in [0, 0.05) is 25.7 Å². The highest BCUT2D eigenvalue weighted by atomic mass is 19.1. The normalized spacial score (nSPS) is 19.5. The highest BCUT2D eigenvalue weighted by Crippen LogP contribution is 2.31. The Hall–Kier alpha value is -2.92. The van der Waals surface area contributed by atoms with Crippen molar-refractivity contribution >= 4 is 11.6 Å². The Labute approximate surface area is 176 Å². The quantitative estimate of drug-likeness (QED) is 0.577. The van der Waals surface area contributed by atoms with Crippen LogP contribution in [0.3, 0.4) is 0 Å². The summed E-state index contributed by atoms with van der Waals surface area (Å²) in [6.45, 7) is 4.86. The number of likely N-dealkylation sites (tertiary alicyclic amines) is 1. The van der Waals surface area contributed by atoms with Crippen molar-refractivity contribution in [2.24, 2.45) is 5.92 Å². The Balaban J connectivity index is 1.50. The molecule has 2 atom stereocenters. The SMILES string of the molecule is CC1CN(CCc2ccccc2)CCC1N(C(=O)c1ccco1)c1ccccc1F. The van der Waals surface area contributed by atoms with E-state index in [1.54, 1.807) is 35.2 Å². The third-order valence-corrected chi connectivity index (χ3v) is 5.90. The third-order valence-electron chi connectivity index (χ3n) is 5.90. The number of nitrogens with zero attached hydrogens (tertiary/aromatic N) is 2. The molecular formula is C25H27FN2O2. The van der Waals surface area contributed by atoms with Gasteiger partial charge in [0.05, 0.1) is 12.0 Å². The second-order valence-electron chi connectivity index (χ2n) is 7.97. The predicted octanol–water partition coefficient (Wildman–Crippen LogP) is 5.02. The minimum Gasteiger partial charge on any atom is -0.459 e. The Morgan fingerprint density at radius 3 is 2.57 bits per heavy atom. The Morgan fingerprint density at radius 1 is 1.10 bits per heavy atom. The predicted molar refractivity (Wildman–Crippen MR) is 116 cm³/mol. The third kappa shape index (κ3) is 4.46. The van der Waals surface area contributed by atoms with Crippen molar-refractivity contribution in [2.45, 2.75) is 25.8 Å². The molecule has 0 bridgehead atoms. The largest absolute Gasteiger partial charge is 0.459 e. The van der Waals surface area contributed by atoms with E-state index in [-0.39, 0.29) is 23.6 Å². The first-order valence-electron chi connectivity index (χ1n) is 10.5. The van der Waals surface area contributed by atoms with Crippen LogP contribution in [0.5, 0.6) is 0 Å². The molecule has 0 saturated carbocycles. The second kappa shape index (κ2) is 9.26. The van der Waals surface area contributed by atoms with Crippen molar-refractivity contribution in [3.05, 3.63) is 90.1 Å². The first-order chi connectivity index (χ1) is 14.6. The van der Waals surface area contributed by atoms with E-state index in [0.29, 0.717) is 5.69 Å². The summed E-state index contributed by atoms with van der Waals surface area (Å²) >= 11 is 0. The molecule has 4 rings (SSSR count). The van der Waals surface area contributed by atoms with Gasteiger partial charge in [0.2, 0.25) is 0 Å². The smallest absolute Gasteiger partial charge is 0.294 e. The zero-order valence-corrected chi connectivity index (χ0v) is 17.2. The molecule has 30 heavy (non-hydrogen) atoms. The number of para-hydroxylation sites is 1. The lowest BCUT2D eigenvalue weighted by Gasteiger charge is -2.42. The van der Waals surface area contributed by atoms with Gasteiger partial charge in [-0.15, -0.1) is 0 Å². The zero-order chi connectivity index (χ0) is 20.9. The molecule has 1 aliphatic heterocycles. The zero-order valence-electron chi connectivity index (χ0n) is 17.2. The number of benzene rings is 2. The summed E-state index contributed by atoms with van der Waals surface area (Å²) in [4.78, 5) is 17.3. The maximum Gasteiger partial charge on any atom is 0.294 e. The highest BCUT2D eigenvalue weighted by molar-refractivity contribution is 6.04. The molecule has 0 N–H and O–H groups in total. The van der Waals surface area contributed by atoms with Gasteiger partial charge in [0.1, 0.15) is 5.82 Å². The van der Waals surface area contributed by atoms with Crippen LogP contribution in [-0.2, 0) is 6.42 Å². The van der Waals surface area contributed by atoms with E-state index >= 15 is 0 Å². The van der Waals surface area contributed by atoms with Crippen LogP contribution in [0, 0.1) is 11.7 Å². The molecule has 0 spiro atoms. The number of halogens is 1. The lowest BCUT2D eigenvalue weighted by atomic mass is 9.91. The number of carbonyl (C=O) groups is 1. The molecule has 2 heterocycles. The molecule has 1 aromatic heterocycles. The van der Waals surface area contributed by atoms with Crippen molar-refractivity contribution in [3.63, 3.8) is 0 Å². The average Bonchev–Trinajstić information content (AvgIpc) is 3.31. The van der Waals surface area contributed by atoms with E-state index < -0.39 is 5.82 Å². The fraction of sp³-hybridized carbons (Fsp3) is 0.320. The standard InChI is InChI=1S/C25H27FN2O2/c1-19-18-27(15-13-20-8-3-2-4-9-20)16-14-22(19)28(23-11-6-5-10-21(23)26)25(29)24-12-7-17-30-24/h2-12,17,19,22H,13-16,18H2,1H3. The number of amides is 1. The van der Waals surface area contributed by atoms with E-state index in [1.807, 2.05) is 6.07 Å². The number of anilines is 1. The molecule has 4 nitrogen and oxygen atoms in total. The highest BCUT2D eigenvalue weighted by Gasteiger charge is 2.36. The Kier molecular flexibility index (Phi) is 6.29. The van der Waals surface area contributed by atoms with E-state index in [2.05, 4.69) is 36.1 Å². The molecule has 3 aromatic rings. The van der Waals surface area contributed by atoms with Gasteiger partial charge < -0.3 is 9.32 Å². The Bertz CT molecular complexity index is 958. The van der Waals surface area contributed by atoms with Crippen LogP contribution in [0.4, 0.5) is 10.1 Å². The van der Waals surface area contributed by atoms with Gasteiger partial charge in [-0.3, -0.25) is 9.69 Å². The van der Waals surface area contributed by atoms with E-state index in [1.165, 1.54) is 17.9 Å². The molecule has 1 fully saturated rings. The fourth-order valence-corrected chi connectivity index (χ4v) is 4.34. The van der Waals surface area contributed by atoms with E-state index in [9.17, 15) is 9.18 Å². The molecule has 1 saturated heterocycles. The van der Waals surface area contributed by atoms with Gasteiger partial charge in [-0.1, -0.05) is 49.4 Å². The van der Waals surface area contributed by atoms with Crippen LogP contribution in [0.2, 0.25) is 0 Å². The van der Waals surface area contributed by atoms with Crippen LogP contribution in [0.1, 0.15) is 29.5 Å².